The van der Waals surface area contributed by atoms with Crippen LogP contribution in [0.15, 0.2) is 55.0 Å². The van der Waals surface area contributed by atoms with Gasteiger partial charge in [-0.15, -0.1) is 0 Å². The smallest absolute Gasteiger partial charge is 0.328 e. The molecule has 0 saturated carbocycles. The van der Waals surface area contributed by atoms with Gasteiger partial charge in [0.15, 0.2) is 5.69 Å². The van der Waals surface area contributed by atoms with Crippen LogP contribution in [0, 0.1) is 0 Å². The average Bonchev–Trinajstić information content (AvgIpc) is 3.35. The third-order valence-corrected chi connectivity index (χ3v) is 5.64. The molecule has 0 bridgehead atoms. The molecule has 6 nitrogen and oxygen atoms in total. The van der Waals surface area contributed by atoms with Crippen molar-refractivity contribution in [3.63, 3.8) is 0 Å². The minimum absolute atomic E-state index is 0.142. The van der Waals surface area contributed by atoms with Crippen molar-refractivity contribution in [2.45, 2.75) is 32.6 Å². The molecular formula is C23H18ClF3N6. The van der Waals surface area contributed by atoms with Crippen molar-refractivity contribution in [2.24, 2.45) is 0 Å². The van der Waals surface area contributed by atoms with Gasteiger partial charge in [0.1, 0.15) is 11.5 Å². The Bertz CT molecular complexity index is 1470. The van der Waals surface area contributed by atoms with Crippen LogP contribution in [0.3, 0.4) is 0 Å². The van der Waals surface area contributed by atoms with E-state index in [0.717, 1.165) is 28.2 Å². The Labute approximate surface area is 191 Å². The van der Waals surface area contributed by atoms with Gasteiger partial charge < -0.3 is 9.13 Å². The lowest BCUT2D eigenvalue weighted by molar-refractivity contribution is -0.140. The number of nitrogens with zero attached hydrogens (tertiary/aromatic N) is 6. The van der Waals surface area contributed by atoms with Crippen LogP contribution in [-0.4, -0.2) is 29.1 Å². The molecule has 4 aromatic heterocycles. The topological polar surface area (TPSA) is 61.4 Å². The molecule has 0 aliphatic carbocycles. The van der Waals surface area contributed by atoms with Crippen molar-refractivity contribution in [1.29, 1.82) is 0 Å². The number of benzene rings is 1. The molecule has 1 aromatic carbocycles. The molecule has 10 heteroatoms. The summed E-state index contributed by atoms with van der Waals surface area (Å²) in [4.78, 5) is 16.8. The molecule has 0 saturated heterocycles. The van der Waals surface area contributed by atoms with Crippen LogP contribution in [0.25, 0.3) is 33.5 Å². The number of rotatable bonds is 4. The molecule has 0 aliphatic rings. The van der Waals surface area contributed by atoms with Crippen LogP contribution in [0.4, 0.5) is 13.2 Å². The Kier molecular flexibility index (Phi) is 5.08. The predicted molar refractivity (Wildman–Crippen MR) is 120 cm³/mol. The molecule has 5 rings (SSSR count). The Morgan fingerprint density at radius 3 is 2.48 bits per heavy atom. The highest BCUT2D eigenvalue weighted by Crippen LogP contribution is 2.33. The van der Waals surface area contributed by atoms with Crippen LogP contribution in [-0.2, 0) is 12.7 Å². The largest absolute Gasteiger partial charge is 0.434 e. The van der Waals surface area contributed by atoms with E-state index in [0.29, 0.717) is 17.8 Å². The Morgan fingerprint density at radius 1 is 1.03 bits per heavy atom. The first-order valence-electron chi connectivity index (χ1n) is 10.2. The first kappa shape index (κ1) is 21.4. The van der Waals surface area contributed by atoms with E-state index in [2.05, 4.69) is 19.9 Å². The summed E-state index contributed by atoms with van der Waals surface area (Å²) in [5.41, 5.74) is 2.98. The Hall–Kier alpha value is -3.46. The lowest BCUT2D eigenvalue weighted by Gasteiger charge is -2.12. The highest BCUT2D eigenvalue weighted by Gasteiger charge is 2.35. The molecule has 4 heterocycles. The molecule has 0 fully saturated rings. The van der Waals surface area contributed by atoms with E-state index in [-0.39, 0.29) is 17.1 Å². The maximum Gasteiger partial charge on any atom is 0.434 e. The van der Waals surface area contributed by atoms with Crippen molar-refractivity contribution >= 4 is 33.7 Å². The summed E-state index contributed by atoms with van der Waals surface area (Å²) in [6.07, 6.45) is -0.0733. The number of hydrogen-bond donors (Lipinski definition) is 0. The van der Waals surface area contributed by atoms with Gasteiger partial charge in [0.25, 0.3) is 0 Å². The molecule has 0 aliphatic heterocycles. The van der Waals surface area contributed by atoms with E-state index in [4.69, 9.17) is 11.6 Å². The minimum atomic E-state index is -4.50. The fraction of sp³-hybridized carbons (Fsp3) is 0.217. The third kappa shape index (κ3) is 3.82. The lowest BCUT2D eigenvalue weighted by atomic mass is 10.1. The van der Waals surface area contributed by atoms with E-state index in [1.165, 1.54) is 4.57 Å². The number of pyridine rings is 1. The van der Waals surface area contributed by atoms with Gasteiger partial charge in [0, 0.05) is 36.7 Å². The third-order valence-electron chi connectivity index (χ3n) is 5.46. The summed E-state index contributed by atoms with van der Waals surface area (Å²) in [6.45, 7) is 4.12. The molecule has 0 spiro atoms. The second-order valence-electron chi connectivity index (χ2n) is 7.98. The number of imidazole rings is 1. The summed E-state index contributed by atoms with van der Waals surface area (Å²) < 4.78 is 43.2. The minimum Gasteiger partial charge on any atom is -0.328 e. The maximum atomic E-state index is 13.2. The van der Waals surface area contributed by atoms with Crippen LogP contribution in [0.5, 0.6) is 0 Å². The molecular weight excluding hydrogens is 453 g/mol. The monoisotopic (exact) mass is 470 g/mol. The van der Waals surface area contributed by atoms with Gasteiger partial charge >= 0.3 is 6.18 Å². The highest BCUT2D eigenvalue weighted by molar-refractivity contribution is 6.28. The molecule has 0 N–H and O–H groups in total. The molecule has 168 valence electrons. The zero-order valence-corrected chi connectivity index (χ0v) is 18.4. The summed E-state index contributed by atoms with van der Waals surface area (Å²) in [6, 6.07) is 10.9. The predicted octanol–water partition coefficient (Wildman–Crippen LogP) is 6.14. The SMILES string of the molecule is CC(C)n1cc(C(F)(F)F)nc1-c1ccc(Cn2c3cccnc3c3cnc(Cl)nc32)cc1. The van der Waals surface area contributed by atoms with E-state index in [1.54, 1.807) is 24.5 Å². The van der Waals surface area contributed by atoms with Crippen molar-refractivity contribution in [3.8, 4) is 11.4 Å². The number of fused-ring (bicyclic) bond motifs is 3. The summed E-state index contributed by atoms with van der Waals surface area (Å²) in [7, 11) is 0. The summed E-state index contributed by atoms with van der Waals surface area (Å²) in [5.74, 6) is 0.282. The second kappa shape index (κ2) is 7.84. The number of aromatic nitrogens is 6. The fourth-order valence-electron chi connectivity index (χ4n) is 3.90. The van der Waals surface area contributed by atoms with Crippen LogP contribution >= 0.6 is 11.6 Å². The van der Waals surface area contributed by atoms with Crippen LogP contribution in [0.1, 0.15) is 31.1 Å². The van der Waals surface area contributed by atoms with E-state index in [1.807, 2.05) is 42.7 Å². The second-order valence-corrected chi connectivity index (χ2v) is 8.32. The van der Waals surface area contributed by atoms with Gasteiger partial charge in [0.2, 0.25) is 5.28 Å². The average molecular weight is 471 g/mol. The van der Waals surface area contributed by atoms with Gasteiger partial charge in [-0.3, -0.25) is 4.98 Å². The Morgan fingerprint density at radius 2 is 1.79 bits per heavy atom. The first-order valence-corrected chi connectivity index (χ1v) is 10.6. The first-order chi connectivity index (χ1) is 15.7. The van der Waals surface area contributed by atoms with Gasteiger partial charge in [-0.05, 0) is 43.1 Å². The molecule has 0 radical (unpaired) electrons. The van der Waals surface area contributed by atoms with Gasteiger partial charge in [-0.25, -0.2) is 9.97 Å². The zero-order valence-electron chi connectivity index (χ0n) is 17.7. The van der Waals surface area contributed by atoms with Crippen LogP contribution < -0.4 is 0 Å². The lowest BCUT2D eigenvalue weighted by Crippen LogP contribution is -2.05. The molecule has 5 aromatic rings. The normalized spacial score (nSPS) is 12.3. The fourth-order valence-corrected chi connectivity index (χ4v) is 4.03. The number of halogens is 4. The highest BCUT2D eigenvalue weighted by atomic mass is 35.5. The summed E-state index contributed by atoms with van der Waals surface area (Å²) >= 11 is 6.04. The van der Waals surface area contributed by atoms with Crippen LogP contribution in [0.2, 0.25) is 5.28 Å². The molecule has 0 atom stereocenters. The molecule has 0 unspecified atom stereocenters. The molecule has 33 heavy (non-hydrogen) atoms. The number of hydrogen-bond acceptors (Lipinski definition) is 4. The zero-order chi connectivity index (χ0) is 23.3. The quantitative estimate of drug-likeness (QED) is 0.296. The Balaban J connectivity index is 1.54. The summed E-state index contributed by atoms with van der Waals surface area (Å²) in [5, 5.41) is 0.938. The van der Waals surface area contributed by atoms with E-state index in [9.17, 15) is 13.2 Å². The van der Waals surface area contributed by atoms with E-state index >= 15 is 0 Å². The van der Waals surface area contributed by atoms with Crippen molar-refractivity contribution in [3.05, 3.63) is 71.5 Å². The van der Waals surface area contributed by atoms with Gasteiger partial charge in [-0.2, -0.15) is 18.2 Å². The van der Waals surface area contributed by atoms with Crippen molar-refractivity contribution in [1.82, 2.24) is 29.1 Å². The van der Waals surface area contributed by atoms with Gasteiger partial charge in [-0.1, -0.05) is 24.3 Å². The number of alkyl halides is 3. The molecule has 0 amide bonds. The van der Waals surface area contributed by atoms with Crippen molar-refractivity contribution < 1.29 is 13.2 Å². The maximum absolute atomic E-state index is 13.2. The van der Waals surface area contributed by atoms with Gasteiger partial charge in [0.05, 0.1) is 16.4 Å². The van der Waals surface area contributed by atoms with Crippen molar-refractivity contribution in [2.75, 3.05) is 0 Å². The standard InChI is InChI=1S/C23H18ClF3N6/c1-13(2)32-12-18(23(25,26)27)30-20(32)15-7-5-14(6-8-15)11-33-17-4-3-9-28-19(17)16-10-29-22(24)31-21(16)33/h3-10,12-13H,11H2,1-2H3. The van der Waals surface area contributed by atoms with E-state index < -0.39 is 11.9 Å².